The van der Waals surface area contributed by atoms with Crippen molar-refractivity contribution in [3.05, 3.63) is 40.6 Å². The quantitative estimate of drug-likeness (QED) is 0.775. The summed E-state index contributed by atoms with van der Waals surface area (Å²) in [6, 6.07) is 6.03. The van der Waals surface area contributed by atoms with Crippen molar-refractivity contribution in [2.45, 2.75) is 25.7 Å². The number of thioether (sulfide) groups is 1. The number of amides is 3. The van der Waals surface area contributed by atoms with Gasteiger partial charge in [0.05, 0.1) is 4.91 Å². The van der Waals surface area contributed by atoms with Gasteiger partial charge < -0.3 is 4.90 Å². The molecule has 132 valence electrons. The Morgan fingerprint density at radius 2 is 1.80 bits per heavy atom. The fourth-order valence-electron chi connectivity index (χ4n) is 2.93. The number of carbonyl (C=O) groups is 3. The molecule has 0 N–H and O–H groups in total. The first-order valence-corrected chi connectivity index (χ1v) is 9.15. The van der Waals surface area contributed by atoms with E-state index in [0.717, 1.165) is 42.3 Å². The number of imide groups is 1. The fourth-order valence-corrected chi connectivity index (χ4v) is 3.75. The molecule has 0 atom stereocenters. The lowest BCUT2D eigenvalue weighted by atomic mass is 10.2. The van der Waals surface area contributed by atoms with Crippen LogP contribution in [0.2, 0.25) is 0 Å². The molecule has 25 heavy (non-hydrogen) atoms. The van der Waals surface area contributed by atoms with Crippen molar-refractivity contribution in [1.29, 1.82) is 0 Å². The van der Waals surface area contributed by atoms with Crippen LogP contribution < -0.4 is 0 Å². The third-order valence-corrected chi connectivity index (χ3v) is 5.22. The van der Waals surface area contributed by atoms with E-state index < -0.39 is 17.0 Å². The van der Waals surface area contributed by atoms with Gasteiger partial charge in [0.15, 0.2) is 0 Å². The van der Waals surface area contributed by atoms with E-state index in [9.17, 15) is 18.8 Å². The summed E-state index contributed by atoms with van der Waals surface area (Å²) in [6.45, 7) is 1.08. The molecule has 1 aromatic rings. The number of hydrogen-bond donors (Lipinski definition) is 0. The van der Waals surface area contributed by atoms with E-state index in [-0.39, 0.29) is 22.9 Å². The zero-order valence-electron chi connectivity index (χ0n) is 13.7. The maximum atomic E-state index is 13.7. The summed E-state index contributed by atoms with van der Waals surface area (Å²) in [5, 5.41) is -0.490. The summed E-state index contributed by atoms with van der Waals surface area (Å²) in [5.74, 6) is -1.22. The zero-order chi connectivity index (χ0) is 17.8. The van der Waals surface area contributed by atoms with E-state index in [1.54, 1.807) is 17.0 Å². The third kappa shape index (κ3) is 4.10. The van der Waals surface area contributed by atoms with Crippen molar-refractivity contribution in [3.63, 3.8) is 0 Å². The van der Waals surface area contributed by atoms with Crippen LogP contribution >= 0.6 is 11.8 Å². The van der Waals surface area contributed by atoms with E-state index in [0.29, 0.717) is 13.1 Å². The van der Waals surface area contributed by atoms with Gasteiger partial charge in [0.2, 0.25) is 5.91 Å². The number of hydrogen-bond acceptors (Lipinski definition) is 4. The van der Waals surface area contributed by atoms with Crippen molar-refractivity contribution in [2.24, 2.45) is 0 Å². The highest BCUT2D eigenvalue weighted by Gasteiger charge is 2.37. The zero-order valence-corrected chi connectivity index (χ0v) is 14.6. The van der Waals surface area contributed by atoms with Crippen molar-refractivity contribution in [2.75, 3.05) is 19.6 Å². The minimum Gasteiger partial charge on any atom is -0.341 e. The van der Waals surface area contributed by atoms with Crippen LogP contribution in [0, 0.1) is 5.82 Å². The highest BCUT2D eigenvalue weighted by atomic mass is 32.2. The molecule has 0 spiro atoms. The lowest BCUT2D eigenvalue weighted by molar-refractivity contribution is -0.135. The van der Waals surface area contributed by atoms with Crippen molar-refractivity contribution in [1.82, 2.24) is 9.80 Å². The van der Waals surface area contributed by atoms with Gasteiger partial charge in [-0.2, -0.15) is 0 Å². The molecule has 2 heterocycles. The van der Waals surface area contributed by atoms with Gasteiger partial charge >= 0.3 is 0 Å². The highest BCUT2D eigenvalue weighted by molar-refractivity contribution is 8.18. The molecule has 2 saturated heterocycles. The molecule has 1 aromatic carbocycles. The van der Waals surface area contributed by atoms with Crippen LogP contribution in [0.25, 0.3) is 6.08 Å². The second-order valence-corrected chi connectivity index (χ2v) is 7.08. The summed E-state index contributed by atoms with van der Waals surface area (Å²) >= 11 is 0.739. The van der Waals surface area contributed by atoms with Crippen molar-refractivity contribution in [3.8, 4) is 0 Å². The maximum absolute atomic E-state index is 13.7. The van der Waals surface area contributed by atoms with Crippen LogP contribution in [-0.4, -0.2) is 46.5 Å². The number of likely N-dealkylation sites (tertiary alicyclic amines) is 1. The van der Waals surface area contributed by atoms with Gasteiger partial charge in [0, 0.05) is 18.7 Å². The maximum Gasteiger partial charge on any atom is 0.294 e. The summed E-state index contributed by atoms with van der Waals surface area (Å²) < 4.78 is 13.7. The number of halogens is 1. The molecule has 2 aliphatic heterocycles. The SMILES string of the molecule is O=C(CN1C(=O)SC(=Cc2ccccc2F)C1=O)N1CCCCCC1. The first-order chi connectivity index (χ1) is 12.1. The molecule has 2 aliphatic rings. The lowest BCUT2D eigenvalue weighted by Gasteiger charge is -2.22. The Labute approximate surface area is 149 Å². The van der Waals surface area contributed by atoms with Crippen LogP contribution in [0.1, 0.15) is 31.2 Å². The molecule has 5 nitrogen and oxygen atoms in total. The van der Waals surface area contributed by atoms with Gasteiger partial charge in [-0.25, -0.2) is 4.39 Å². The molecule has 0 aliphatic carbocycles. The minimum atomic E-state index is -0.540. The normalized spacial score (nSPS) is 20.3. The molecule has 3 amide bonds. The van der Waals surface area contributed by atoms with E-state index in [4.69, 9.17) is 0 Å². The summed E-state index contributed by atoms with van der Waals surface area (Å²) in [7, 11) is 0. The highest BCUT2D eigenvalue weighted by Crippen LogP contribution is 2.32. The largest absolute Gasteiger partial charge is 0.341 e. The number of carbonyl (C=O) groups excluding carboxylic acids is 3. The second-order valence-electron chi connectivity index (χ2n) is 6.08. The molecular formula is C18H19FN2O3S. The van der Waals surface area contributed by atoms with Gasteiger partial charge in [-0.3, -0.25) is 19.3 Å². The predicted octanol–water partition coefficient (Wildman–Crippen LogP) is 3.26. The van der Waals surface area contributed by atoms with Crippen LogP contribution in [0.5, 0.6) is 0 Å². The molecule has 3 rings (SSSR count). The molecular weight excluding hydrogens is 343 g/mol. The topological polar surface area (TPSA) is 57.7 Å². The third-order valence-electron chi connectivity index (χ3n) is 4.32. The van der Waals surface area contributed by atoms with E-state index >= 15 is 0 Å². The molecule has 7 heteroatoms. The van der Waals surface area contributed by atoms with Crippen LogP contribution in [0.3, 0.4) is 0 Å². The second kappa shape index (κ2) is 7.82. The van der Waals surface area contributed by atoms with Crippen LogP contribution in [0.15, 0.2) is 29.2 Å². The average molecular weight is 362 g/mol. The Bertz CT molecular complexity index is 727. The summed E-state index contributed by atoms with van der Waals surface area (Å²) in [5.41, 5.74) is 0.242. The Hall–Kier alpha value is -2.15. The Morgan fingerprint density at radius 3 is 2.48 bits per heavy atom. The monoisotopic (exact) mass is 362 g/mol. The predicted molar refractivity (Wildman–Crippen MR) is 94.1 cm³/mol. The Kier molecular flexibility index (Phi) is 5.53. The molecule has 0 bridgehead atoms. The van der Waals surface area contributed by atoms with E-state index in [1.165, 1.54) is 18.2 Å². The van der Waals surface area contributed by atoms with E-state index in [1.807, 2.05) is 0 Å². The lowest BCUT2D eigenvalue weighted by Crippen LogP contribution is -2.42. The minimum absolute atomic E-state index is 0.138. The Balaban J connectivity index is 1.71. The number of nitrogens with zero attached hydrogens (tertiary/aromatic N) is 2. The van der Waals surface area contributed by atoms with Crippen molar-refractivity contribution >= 4 is 34.9 Å². The van der Waals surface area contributed by atoms with Crippen LogP contribution in [0.4, 0.5) is 9.18 Å². The Morgan fingerprint density at radius 1 is 1.12 bits per heavy atom. The molecule has 0 saturated carbocycles. The van der Waals surface area contributed by atoms with Gasteiger partial charge in [-0.05, 0) is 36.7 Å². The number of rotatable bonds is 3. The van der Waals surface area contributed by atoms with Crippen LogP contribution in [-0.2, 0) is 9.59 Å². The first-order valence-electron chi connectivity index (χ1n) is 8.34. The number of benzene rings is 1. The van der Waals surface area contributed by atoms with Gasteiger partial charge in [0.1, 0.15) is 12.4 Å². The van der Waals surface area contributed by atoms with Gasteiger partial charge in [-0.1, -0.05) is 31.0 Å². The molecule has 0 aromatic heterocycles. The van der Waals surface area contributed by atoms with E-state index in [2.05, 4.69) is 0 Å². The molecule has 0 unspecified atom stereocenters. The smallest absolute Gasteiger partial charge is 0.294 e. The average Bonchev–Trinajstić information content (AvgIpc) is 2.80. The molecule has 0 radical (unpaired) electrons. The summed E-state index contributed by atoms with van der Waals surface area (Å²) in [6.07, 6.45) is 5.44. The molecule has 2 fully saturated rings. The standard InChI is InChI=1S/C18H19FN2O3S/c19-14-8-4-3-7-13(14)11-15-17(23)21(18(24)25-15)12-16(22)20-9-5-1-2-6-10-20/h3-4,7-8,11H,1-2,5-6,9-10,12H2. The van der Waals surface area contributed by atoms with Gasteiger partial charge in [-0.15, -0.1) is 0 Å². The fraction of sp³-hybridized carbons (Fsp3) is 0.389. The summed E-state index contributed by atoms with van der Waals surface area (Å²) in [4.78, 5) is 39.8. The van der Waals surface area contributed by atoms with Gasteiger partial charge in [0.25, 0.3) is 11.1 Å². The first kappa shape index (κ1) is 17.7. The van der Waals surface area contributed by atoms with Crippen molar-refractivity contribution < 1.29 is 18.8 Å².